The SMILES string of the molecule is [2H]C1([2H])C(=O)NC(=O)N[C@]1([2H])C(=O)O. The van der Waals surface area contributed by atoms with Gasteiger partial charge in [0, 0.05) is 2.74 Å². The van der Waals surface area contributed by atoms with E-state index in [0.29, 0.717) is 0 Å². The Morgan fingerprint density at radius 2 is 2.45 bits per heavy atom. The van der Waals surface area contributed by atoms with Gasteiger partial charge in [-0.25, -0.2) is 9.59 Å². The summed E-state index contributed by atoms with van der Waals surface area (Å²) in [4.78, 5) is 32.2. The van der Waals surface area contributed by atoms with Gasteiger partial charge in [0.2, 0.25) is 5.91 Å². The van der Waals surface area contributed by atoms with Crippen molar-refractivity contribution in [2.45, 2.75) is 12.4 Å². The minimum absolute atomic E-state index is 1.21. The highest BCUT2D eigenvalue weighted by molar-refractivity contribution is 6.01. The summed E-state index contributed by atoms with van der Waals surface area (Å²) in [5.41, 5.74) is 0. The fraction of sp³-hybridized carbons (Fsp3) is 0.400. The summed E-state index contributed by atoms with van der Waals surface area (Å²) in [5.74, 6) is -3.38. The molecule has 3 N–H and O–H groups in total. The van der Waals surface area contributed by atoms with Crippen LogP contribution in [0.5, 0.6) is 0 Å². The molecule has 0 aliphatic carbocycles. The van der Waals surface area contributed by atoms with Gasteiger partial charge in [-0.05, 0) is 0 Å². The molecule has 6 heteroatoms. The molecule has 1 rings (SSSR count). The Labute approximate surface area is 65.8 Å². The smallest absolute Gasteiger partial charge is 0.326 e. The number of rotatable bonds is 1. The quantitative estimate of drug-likeness (QED) is 0.444. The second kappa shape index (κ2) is 2.57. The number of hydrogen-bond acceptors (Lipinski definition) is 3. The number of imide groups is 1. The van der Waals surface area contributed by atoms with E-state index in [4.69, 9.17) is 9.22 Å². The fourth-order valence-corrected chi connectivity index (χ4v) is 0.531. The summed E-state index contributed by atoms with van der Waals surface area (Å²) in [6.45, 7) is 0. The first-order valence-electron chi connectivity index (χ1n) is 4.09. The van der Waals surface area contributed by atoms with Gasteiger partial charge in [0.05, 0.1) is 7.74 Å². The van der Waals surface area contributed by atoms with Crippen LogP contribution in [-0.4, -0.2) is 29.0 Å². The largest absolute Gasteiger partial charge is 0.480 e. The van der Waals surface area contributed by atoms with Gasteiger partial charge in [-0.3, -0.25) is 10.1 Å². The Balaban J connectivity index is 3.20. The van der Waals surface area contributed by atoms with Crippen LogP contribution in [0, 0.1) is 0 Å². The summed E-state index contributed by atoms with van der Waals surface area (Å²) in [6, 6.07) is -4.20. The maximum Gasteiger partial charge on any atom is 0.326 e. The van der Waals surface area contributed by atoms with Crippen molar-refractivity contribution in [3.05, 3.63) is 0 Å². The first-order chi connectivity index (χ1) is 6.22. The standard InChI is InChI=1S/C5H6N2O4/c8-3-1-2(4(9)10)6-5(11)7-3/h2H,1H2,(H,9,10)(H2,6,7,8,11)/t2-/m0/s1/i1D2,2D. The third-order valence-corrected chi connectivity index (χ3v) is 0.918. The monoisotopic (exact) mass is 161 g/mol. The molecule has 1 fully saturated rings. The lowest BCUT2D eigenvalue weighted by atomic mass is 10.2. The van der Waals surface area contributed by atoms with E-state index < -0.39 is 30.3 Å². The predicted octanol–water partition coefficient (Wildman–Crippen LogP) is -1.33. The number of carbonyl (C=O) groups excluding carboxylic acids is 2. The highest BCUT2D eigenvalue weighted by atomic mass is 16.4. The van der Waals surface area contributed by atoms with E-state index in [9.17, 15) is 14.4 Å². The van der Waals surface area contributed by atoms with Gasteiger partial charge in [0.1, 0.15) is 6.02 Å². The molecule has 1 saturated heterocycles. The van der Waals surface area contributed by atoms with Crippen molar-refractivity contribution in [1.82, 2.24) is 10.6 Å². The summed E-state index contributed by atoms with van der Waals surface area (Å²) in [5, 5.41) is 11.6. The van der Waals surface area contributed by atoms with Gasteiger partial charge in [0.25, 0.3) is 0 Å². The van der Waals surface area contributed by atoms with Crippen molar-refractivity contribution in [3.63, 3.8) is 0 Å². The second-order valence-corrected chi connectivity index (χ2v) is 1.71. The molecule has 0 aromatic carbocycles. The molecule has 60 valence electrons. The topological polar surface area (TPSA) is 95.5 Å². The summed E-state index contributed by atoms with van der Waals surface area (Å²) in [6.07, 6.45) is -3.02. The van der Waals surface area contributed by atoms with E-state index in [2.05, 4.69) is 0 Å². The minimum atomic E-state index is -3.02. The zero-order valence-corrected chi connectivity index (χ0v) is 5.17. The van der Waals surface area contributed by atoms with Gasteiger partial charge in [-0.1, -0.05) is 0 Å². The summed E-state index contributed by atoms with van der Waals surface area (Å²) in [7, 11) is 0. The molecule has 0 unspecified atom stereocenters. The first kappa shape index (κ1) is 4.32. The molecule has 3 amide bonds. The van der Waals surface area contributed by atoms with Crippen LogP contribution < -0.4 is 10.6 Å². The van der Waals surface area contributed by atoms with Crippen LogP contribution in [0.25, 0.3) is 0 Å². The molecule has 1 aliphatic rings. The van der Waals surface area contributed by atoms with E-state index >= 15 is 0 Å². The van der Waals surface area contributed by atoms with Gasteiger partial charge in [-0.2, -0.15) is 0 Å². The van der Waals surface area contributed by atoms with E-state index in [0.717, 1.165) is 0 Å². The molecule has 0 saturated carbocycles. The fourth-order valence-electron chi connectivity index (χ4n) is 0.531. The minimum Gasteiger partial charge on any atom is -0.480 e. The normalized spacial score (nSPS) is 39.1. The maximum absolute atomic E-state index is 10.9. The van der Waals surface area contributed by atoms with Crippen molar-refractivity contribution in [1.29, 1.82) is 0 Å². The molecule has 0 aromatic heterocycles. The van der Waals surface area contributed by atoms with Gasteiger partial charge in [-0.15, -0.1) is 0 Å². The highest BCUT2D eigenvalue weighted by Crippen LogP contribution is 1.97. The number of hydrogen-bond donors (Lipinski definition) is 3. The van der Waals surface area contributed by atoms with Crippen LogP contribution in [-0.2, 0) is 9.59 Å². The number of carbonyl (C=O) groups is 3. The lowest BCUT2D eigenvalue weighted by Gasteiger charge is -2.18. The lowest BCUT2D eigenvalue weighted by molar-refractivity contribution is -0.141. The zero-order chi connectivity index (χ0) is 11.1. The van der Waals surface area contributed by atoms with Crippen LogP contribution in [0.1, 0.15) is 10.5 Å². The molecule has 1 aliphatic heterocycles. The maximum atomic E-state index is 10.9. The number of urea groups is 1. The Kier molecular flexibility index (Phi) is 1.01. The molecular weight excluding hydrogens is 152 g/mol. The molecule has 0 spiro atoms. The van der Waals surface area contributed by atoms with Crippen LogP contribution >= 0.6 is 0 Å². The van der Waals surface area contributed by atoms with Crippen molar-refractivity contribution < 1.29 is 23.6 Å². The third-order valence-electron chi connectivity index (χ3n) is 0.918. The average molecular weight is 161 g/mol. The van der Waals surface area contributed by atoms with Crippen molar-refractivity contribution >= 4 is 17.9 Å². The van der Waals surface area contributed by atoms with E-state index in [1.54, 1.807) is 0 Å². The summed E-state index contributed by atoms with van der Waals surface area (Å²) >= 11 is 0. The number of carboxylic acids is 1. The molecular formula is C5H6N2O4. The molecule has 0 bridgehead atoms. The van der Waals surface area contributed by atoms with Gasteiger partial charge < -0.3 is 10.4 Å². The number of aliphatic carboxylic acids is 1. The number of nitrogens with one attached hydrogen (secondary N) is 2. The lowest BCUT2D eigenvalue weighted by Crippen LogP contribution is -2.55. The molecule has 0 radical (unpaired) electrons. The molecule has 1 heterocycles. The predicted molar refractivity (Wildman–Crippen MR) is 32.7 cm³/mol. The molecule has 1 atom stereocenters. The summed E-state index contributed by atoms with van der Waals surface area (Å²) < 4.78 is 21.3. The van der Waals surface area contributed by atoms with E-state index in [1.165, 1.54) is 10.6 Å². The Morgan fingerprint density at radius 1 is 1.82 bits per heavy atom. The van der Waals surface area contributed by atoms with Crippen molar-refractivity contribution in [2.24, 2.45) is 0 Å². The molecule has 0 aromatic rings. The van der Waals surface area contributed by atoms with Crippen LogP contribution in [0.3, 0.4) is 0 Å². The molecule has 6 nitrogen and oxygen atoms in total. The van der Waals surface area contributed by atoms with Crippen molar-refractivity contribution in [3.8, 4) is 0 Å². The highest BCUT2D eigenvalue weighted by Gasteiger charge is 2.28. The first-order valence-corrected chi connectivity index (χ1v) is 2.59. The second-order valence-electron chi connectivity index (χ2n) is 1.71. The van der Waals surface area contributed by atoms with Crippen LogP contribution in [0.2, 0.25) is 0 Å². The van der Waals surface area contributed by atoms with E-state index in [1.807, 2.05) is 0 Å². The Bertz CT molecular complexity index is 331. The molecule has 11 heavy (non-hydrogen) atoms. The average Bonchev–Trinajstić information content (AvgIpc) is 2.00. The zero-order valence-electron chi connectivity index (χ0n) is 8.17. The van der Waals surface area contributed by atoms with E-state index in [-0.39, 0.29) is 0 Å². The number of carboxylic acid groups (broad SMARTS) is 1. The Morgan fingerprint density at radius 3 is 3.00 bits per heavy atom. The number of amides is 3. The van der Waals surface area contributed by atoms with Gasteiger partial charge >= 0.3 is 12.0 Å². The Hall–Kier alpha value is -1.59. The van der Waals surface area contributed by atoms with Crippen LogP contribution in [0.4, 0.5) is 4.79 Å². The van der Waals surface area contributed by atoms with Crippen LogP contribution in [0.15, 0.2) is 0 Å². The van der Waals surface area contributed by atoms with Gasteiger partial charge in [0.15, 0.2) is 0 Å². The third kappa shape index (κ3) is 1.66. The van der Waals surface area contributed by atoms with Crippen molar-refractivity contribution in [2.75, 3.05) is 0 Å².